The van der Waals surface area contributed by atoms with Crippen molar-refractivity contribution in [2.24, 2.45) is 0 Å². The molecule has 4 rings (SSSR count). The van der Waals surface area contributed by atoms with Gasteiger partial charge in [0.2, 0.25) is 5.79 Å². The largest absolute Gasteiger partial charge is 0.497 e. The van der Waals surface area contributed by atoms with Crippen LogP contribution in [0.5, 0.6) is 5.75 Å². The third-order valence-electron chi connectivity index (χ3n) is 4.98. The molecule has 1 aromatic heterocycles. The van der Waals surface area contributed by atoms with Gasteiger partial charge in [-0.2, -0.15) is 0 Å². The normalized spacial score (nSPS) is 16.2. The highest BCUT2D eigenvalue weighted by Crippen LogP contribution is 2.35. The van der Waals surface area contributed by atoms with Crippen molar-refractivity contribution in [2.75, 3.05) is 20.3 Å². The average Bonchev–Trinajstić information content (AvgIpc) is 3.21. The molecule has 1 fully saturated rings. The number of hydrogen-bond acceptors (Lipinski definition) is 4. The molecular weight excluding hydrogens is 340 g/mol. The van der Waals surface area contributed by atoms with E-state index >= 15 is 0 Å². The zero-order valence-corrected chi connectivity index (χ0v) is 15.7. The van der Waals surface area contributed by atoms with Crippen LogP contribution in [0.3, 0.4) is 0 Å². The van der Waals surface area contributed by atoms with Crippen molar-refractivity contribution in [1.29, 1.82) is 0 Å². The first-order chi connectivity index (χ1) is 13.2. The first-order valence-corrected chi connectivity index (χ1v) is 9.19. The second-order valence-corrected chi connectivity index (χ2v) is 6.80. The number of aromatic nitrogens is 2. The maximum Gasteiger partial charge on any atom is 0.213 e. The Kier molecular flexibility index (Phi) is 4.97. The van der Waals surface area contributed by atoms with Crippen molar-refractivity contribution in [3.8, 4) is 16.9 Å². The highest BCUT2D eigenvalue weighted by Gasteiger charge is 2.37. The molecule has 5 heteroatoms. The lowest BCUT2D eigenvalue weighted by Gasteiger charge is -2.37. The Balaban J connectivity index is 1.65. The molecule has 140 valence electrons. The Hall–Kier alpha value is -2.63. The summed E-state index contributed by atoms with van der Waals surface area (Å²) in [6.45, 7) is 4.05. The number of aryl methyl sites for hydroxylation is 1. The van der Waals surface area contributed by atoms with E-state index in [4.69, 9.17) is 14.2 Å². The first kappa shape index (κ1) is 17.8. The Labute approximate surface area is 159 Å². The smallest absolute Gasteiger partial charge is 0.213 e. The van der Waals surface area contributed by atoms with Crippen molar-refractivity contribution in [3.05, 3.63) is 72.3 Å². The number of nitrogens with zero attached hydrogens (tertiary/aromatic N) is 2. The zero-order valence-electron chi connectivity index (χ0n) is 15.7. The molecular formula is C22H24N2O3. The van der Waals surface area contributed by atoms with Crippen LogP contribution in [0.1, 0.15) is 17.5 Å². The van der Waals surface area contributed by atoms with Crippen molar-refractivity contribution in [1.82, 2.24) is 9.55 Å². The third kappa shape index (κ3) is 3.61. The first-order valence-electron chi connectivity index (χ1n) is 9.19. The Morgan fingerprint density at radius 2 is 1.89 bits per heavy atom. The monoisotopic (exact) mass is 364 g/mol. The molecule has 0 saturated carbocycles. The van der Waals surface area contributed by atoms with E-state index in [0.29, 0.717) is 19.8 Å². The number of hydrogen-bond donors (Lipinski definition) is 0. The maximum absolute atomic E-state index is 6.14. The minimum Gasteiger partial charge on any atom is -0.497 e. The van der Waals surface area contributed by atoms with Crippen LogP contribution in [0.4, 0.5) is 0 Å². The second-order valence-electron chi connectivity index (χ2n) is 6.80. The van der Waals surface area contributed by atoms with E-state index < -0.39 is 5.79 Å². The summed E-state index contributed by atoms with van der Waals surface area (Å²) in [5.41, 5.74) is 4.55. The molecule has 1 saturated heterocycles. The fraction of sp³-hybridized carbons (Fsp3) is 0.318. The fourth-order valence-electron chi connectivity index (χ4n) is 3.54. The lowest BCUT2D eigenvalue weighted by Crippen LogP contribution is -2.41. The van der Waals surface area contributed by atoms with Gasteiger partial charge in [0, 0.05) is 18.0 Å². The molecule has 27 heavy (non-hydrogen) atoms. The van der Waals surface area contributed by atoms with Gasteiger partial charge in [-0.3, -0.25) is 0 Å². The number of ether oxygens (including phenoxy) is 3. The molecule has 2 heterocycles. The van der Waals surface area contributed by atoms with Gasteiger partial charge < -0.3 is 18.8 Å². The topological polar surface area (TPSA) is 45.5 Å². The molecule has 0 radical (unpaired) electrons. The summed E-state index contributed by atoms with van der Waals surface area (Å²) >= 11 is 0. The van der Waals surface area contributed by atoms with Crippen LogP contribution in [-0.4, -0.2) is 29.9 Å². The number of methoxy groups -OCH3 is 1. The fourth-order valence-corrected chi connectivity index (χ4v) is 3.54. The van der Waals surface area contributed by atoms with Gasteiger partial charge in [0.15, 0.2) is 0 Å². The lowest BCUT2D eigenvalue weighted by molar-refractivity contribution is -0.283. The average molecular weight is 364 g/mol. The summed E-state index contributed by atoms with van der Waals surface area (Å²) in [5, 5.41) is 0. The Bertz CT molecular complexity index is 882. The van der Waals surface area contributed by atoms with E-state index in [0.717, 1.165) is 23.3 Å². The molecule has 0 atom stereocenters. The van der Waals surface area contributed by atoms with Crippen LogP contribution in [-0.2, 0) is 21.8 Å². The van der Waals surface area contributed by atoms with Crippen LogP contribution in [0.15, 0.2) is 61.2 Å². The van der Waals surface area contributed by atoms with Crippen LogP contribution in [0.2, 0.25) is 0 Å². The standard InChI is InChI=1S/C22H24N2O3/c1-17-14-20(25-2)8-9-21(17)18-4-6-19(7-5-18)22(26-12-3-13-27-22)15-24-11-10-23-16-24/h4-11,14,16H,3,12-13,15H2,1-2H3. The molecule has 0 amide bonds. The molecule has 0 spiro atoms. The number of benzene rings is 2. The quantitative estimate of drug-likeness (QED) is 0.682. The van der Waals surface area contributed by atoms with E-state index in [9.17, 15) is 0 Å². The van der Waals surface area contributed by atoms with E-state index in [2.05, 4.69) is 48.3 Å². The van der Waals surface area contributed by atoms with E-state index in [1.165, 1.54) is 11.1 Å². The summed E-state index contributed by atoms with van der Waals surface area (Å²) < 4.78 is 19.6. The summed E-state index contributed by atoms with van der Waals surface area (Å²) in [7, 11) is 1.69. The van der Waals surface area contributed by atoms with Crippen LogP contribution < -0.4 is 4.74 Å². The van der Waals surface area contributed by atoms with Gasteiger partial charge >= 0.3 is 0 Å². The van der Waals surface area contributed by atoms with Gasteiger partial charge in [-0.15, -0.1) is 0 Å². The van der Waals surface area contributed by atoms with Gasteiger partial charge in [-0.25, -0.2) is 4.98 Å². The van der Waals surface area contributed by atoms with Gasteiger partial charge in [-0.1, -0.05) is 30.3 Å². The van der Waals surface area contributed by atoms with Crippen molar-refractivity contribution in [3.63, 3.8) is 0 Å². The van der Waals surface area contributed by atoms with Crippen LogP contribution in [0.25, 0.3) is 11.1 Å². The predicted molar refractivity (Wildman–Crippen MR) is 104 cm³/mol. The van der Waals surface area contributed by atoms with Crippen LogP contribution >= 0.6 is 0 Å². The van der Waals surface area contributed by atoms with E-state index in [1.54, 1.807) is 19.6 Å². The zero-order chi connectivity index (χ0) is 18.7. The van der Waals surface area contributed by atoms with Gasteiger partial charge in [-0.05, 0) is 42.2 Å². The summed E-state index contributed by atoms with van der Waals surface area (Å²) in [4.78, 5) is 4.13. The molecule has 3 aromatic rings. The third-order valence-corrected chi connectivity index (χ3v) is 4.98. The predicted octanol–water partition coefficient (Wildman–Crippen LogP) is 4.16. The molecule has 1 aliphatic heterocycles. The minimum absolute atomic E-state index is 0.577. The molecule has 0 N–H and O–H groups in total. The summed E-state index contributed by atoms with van der Waals surface area (Å²) in [5.74, 6) is 0.100. The molecule has 5 nitrogen and oxygen atoms in total. The van der Waals surface area contributed by atoms with Crippen molar-refractivity contribution >= 4 is 0 Å². The highest BCUT2D eigenvalue weighted by atomic mass is 16.7. The second kappa shape index (κ2) is 7.55. The highest BCUT2D eigenvalue weighted by molar-refractivity contribution is 5.68. The summed E-state index contributed by atoms with van der Waals surface area (Å²) in [6, 6.07) is 14.6. The van der Waals surface area contributed by atoms with Gasteiger partial charge in [0.25, 0.3) is 0 Å². The Morgan fingerprint density at radius 1 is 1.11 bits per heavy atom. The van der Waals surface area contributed by atoms with E-state index in [-0.39, 0.29) is 0 Å². The minimum atomic E-state index is -0.771. The van der Waals surface area contributed by atoms with Crippen molar-refractivity contribution < 1.29 is 14.2 Å². The number of imidazole rings is 1. The van der Waals surface area contributed by atoms with Gasteiger partial charge in [0.05, 0.1) is 33.2 Å². The van der Waals surface area contributed by atoms with Crippen LogP contribution in [0, 0.1) is 6.92 Å². The Morgan fingerprint density at radius 3 is 2.52 bits per heavy atom. The molecule has 2 aromatic carbocycles. The van der Waals surface area contributed by atoms with Gasteiger partial charge in [0.1, 0.15) is 5.75 Å². The molecule has 1 aliphatic rings. The summed E-state index contributed by atoms with van der Waals surface area (Å²) in [6.07, 6.45) is 6.40. The van der Waals surface area contributed by atoms with Crippen molar-refractivity contribution in [2.45, 2.75) is 25.7 Å². The molecule has 0 bridgehead atoms. The SMILES string of the molecule is COc1ccc(-c2ccc(C3(Cn4ccnc4)OCCCO3)cc2)c(C)c1. The molecule has 0 unspecified atom stereocenters. The lowest BCUT2D eigenvalue weighted by atomic mass is 9.96. The molecule has 0 aliphatic carbocycles. The number of rotatable bonds is 5. The van der Waals surface area contributed by atoms with E-state index in [1.807, 2.05) is 16.8 Å². The maximum atomic E-state index is 6.14.